The molecule has 0 saturated heterocycles. The fourth-order valence-electron chi connectivity index (χ4n) is 2.66. The van der Waals surface area contributed by atoms with Crippen molar-refractivity contribution in [2.45, 2.75) is 0 Å². The van der Waals surface area contributed by atoms with E-state index in [1.165, 1.54) is 12.2 Å². The van der Waals surface area contributed by atoms with Crippen molar-refractivity contribution >= 4 is 28.7 Å². The highest BCUT2D eigenvalue weighted by Crippen LogP contribution is 2.29. The van der Waals surface area contributed by atoms with Gasteiger partial charge in [0.1, 0.15) is 13.2 Å². The van der Waals surface area contributed by atoms with Gasteiger partial charge >= 0.3 is 11.9 Å². The zero-order chi connectivity index (χ0) is 15.7. The molecule has 0 saturated carbocycles. The molecule has 0 amide bonds. The van der Waals surface area contributed by atoms with E-state index >= 15 is 0 Å². The molecule has 3 rings (SSSR count). The van der Waals surface area contributed by atoms with E-state index < -0.39 is 11.9 Å². The predicted molar refractivity (Wildman–Crippen MR) is 82.8 cm³/mol. The first-order valence-electron chi connectivity index (χ1n) is 6.85. The van der Waals surface area contributed by atoms with Gasteiger partial charge in [-0.3, -0.25) is 0 Å². The lowest BCUT2D eigenvalue weighted by molar-refractivity contribution is -0.136. The number of carbonyl (C=O) groups is 2. The molecule has 0 unspecified atom stereocenters. The molecule has 0 heterocycles. The van der Waals surface area contributed by atoms with Crippen molar-refractivity contribution < 1.29 is 19.1 Å². The molecular formula is C18H14O4. The van der Waals surface area contributed by atoms with E-state index in [4.69, 9.17) is 9.47 Å². The molecule has 0 N–H and O–H groups in total. The number of esters is 2. The molecule has 0 bridgehead atoms. The number of rotatable bonds is 6. The van der Waals surface area contributed by atoms with Crippen molar-refractivity contribution in [2.75, 3.05) is 13.2 Å². The lowest BCUT2D eigenvalue weighted by Gasteiger charge is -2.14. The van der Waals surface area contributed by atoms with Crippen LogP contribution in [0.5, 0.6) is 0 Å². The predicted octanol–water partition coefficient (Wildman–Crippen LogP) is 0.857. The minimum absolute atomic E-state index is 0.151. The number of ether oxygens (including phenoxy) is 2. The van der Waals surface area contributed by atoms with Crippen molar-refractivity contribution in [3.63, 3.8) is 0 Å². The van der Waals surface area contributed by atoms with E-state index in [1.807, 2.05) is 18.2 Å². The lowest BCUT2D eigenvalue weighted by atomic mass is 9.91. The number of benzene rings is 1. The smallest absolute Gasteiger partial charge is 0.339 e. The zero-order valence-corrected chi connectivity index (χ0v) is 11.9. The van der Waals surface area contributed by atoms with E-state index in [0.717, 1.165) is 21.6 Å². The van der Waals surface area contributed by atoms with Crippen molar-refractivity contribution in [3.05, 3.63) is 65.6 Å². The van der Waals surface area contributed by atoms with Crippen molar-refractivity contribution in [1.29, 1.82) is 0 Å². The van der Waals surface area contributed by atoms with Crippen molar-refractivity contribution in [1.82, 2.24) is 0 Å². The molecule has 4 nitrogen and oxygen atoms in total. The van der Waals surface area contributed by atoms with Crippen LogP contribution in [-0.2, 0) is 19.1 Å². The fraction of sp³-hybridized carbons (Fsp3) is 0.111. The van der Waals surface area contributed by atoms with Crippen LogP contribution in [0.4, 0.5) is 0 Å². The van der Waals surface area contributed by atoms with Gasteiger partial charge < -0.3 is 9.47 Å². The summed E-state index contributed by atoms with van der Waals surface area (Å²) in [6.45, 7) is 7.34. The summed E-state index contributed by atoms with van der Waals surface area (Å²) in [6.07, 6.45) is 4.72. The van der Waals surface area contributed by atoms with Crippen LogP contribution in [0.1, 0.15) is 5.56 Å². The summed E-state index contributed by atoms with van der Waals surface area (Å²) in [5.41, 5.74) is 2.50. The Morgan fingerprint density at radius 3 is 2.41 bits per heavy atom. The van der Waals surface area contributed by atoms with Crippen LogP contribution in [0.2, 0.25) is 0 Å². The van der Waals surface area contributed by atoms with Crippen LogP contribution < -0.4 is 10.4 Å². The third-order valence-electron chi connectivity index (χ3n) is 3.54. The molecule has 1 aromatic carbocycles. The van der Waals surface area contributed by atoms with Crippen LogP contribution in [0.15, 0.2) is 49.6 Å². The minimum Gasteiger partial charge on any atom is -0.458 e. The molecule has 0 radical (unpaired) electrons. The number of allylic oxidation sites excluding steroid dienone is 1. The molecular weight excluding hydrogens is 280 g/mol. The maximum atomic E-state index is 12.1. The van der Waals surface area contributed by atoms with Crippen molar-refractivity contribution in [3.8, 4) is 0 Å². The van der Waals surface area contributed by atoms with Crippen LogP contribution in [0, 0.1) is 0 Å². The highest BCUT2D eigenvalue weighted by atomic mass is 16.5. The number of carbonyl (C=O) groups excluding carboxylic acids is 2. The molecule has 0 fully saturated rings. The Hall–Kier alpha value is -2.88. The summed E-state index contributed by atoms with van der Waals surface area (Å²) < 4.78 is 10.2. The van der Waals surface area contributed by atoms with Gasteiger partial charge in [-0.25, -0.2) is 9.59 Å². The summed E-state index contributed by atoms with van der Waals surface area (Å²) in [4.78, 5) is 24.2. The SMILES string of the molecule is C=CCOC(=O)C1=CC2=c3c1cccc3=C2C(=O)OCC=C. The highest BCUT2D eigenvalue weighted by molar-refractivity contribution is 6.35. The molecule has 2 aliphatic carbocycles. The first kappa shape index (κ1) is 14.1. The van der Waals surface area contributed by atoms with E-state index in [2.05, 4.69) is 13.2 Å². The standard InChI is InChI=1S/C18H14O4/c1-3-8-21-17(19)13-10-14-15-11(13)6-5-7-12(15)16(14)18(20)22-9-4-2/h3-7,10H,1-2,8-9H2. The van der Waals surface area contributed by atoms with Crippen LogP contribution >= 0.6 is 0 Å². The van der Waals surface area contributed by atoms with Gasteiger partial charge in [0.15, 0.2) is 0 Å². The average Bonchev–Trinajstić information content (AvgIpc) is 2.87. The van der Waals surface area contributed by atoms with Crippen LogP contribution in [0.3, 0.4) is 0 Å². The van der Waals surface area contributed by atoms with E-state index in [0.29, 0.717) is 11.1 Å². The average molecular weight is 294 g/mol. The Kier molecular flexibility index (Phi) is 3.51. The first-order chi connectivity index (χ1) is 10.7. The monoisotopic (exact) mass is 294 g/mol. The van der Waals surface area contributed by atoms with Gasteiger partial charge in [-0.2, -0.15) is 0 Å². The van der Waals surface area contributed by atoms with Gasteiger partial charge in [-0.1, -0.05) is 43.5 Å². The Bertz CT molecular complexity index is 856. The third-order valence-corrected chi connectivity index (χ3v) is 3.54. The number of hydrogen-bond acceptors (Lipinski definition) is 4. The lowest BCUT2D eigenvalue weighted by Crippen LogP contribution is -2.41. The Morgan fingerprint density at radius 1 is 1.05 bits per heavy atom. The summed E-state index contributed by atoms with van der Waals surface area (Å²) in [5.74, 6) is -0.828. The molecule has 0 aliphatic heterocycles. The topological polar surface area (TPSA) is 52.6 Å². The van der Waals surface area contributed by atoms with E-state index in [1.54, 1.807) is 6.08 Å². The Labute approximate surface area is 127 Å². The molecule has 0 spiro atoms. The molecule has 4 heteroatoms. The third kappa shape index (κ3) is 2.00. The molecule has 0 atom stereocenters. The molecule has 110 valence electrons. The molecule has 0 aromatic heterocycles. The Morgan fingerprint density at radius 2 is 1.73 bits per heavy atom. The van der Waals surface area contributed by atoms with Gasteiger partial charge in [-0.15, -0.1) is 0 Å². The second kappa shape index (κ2) is 5.48. The summed E-state index contributed by atoms with van der Waals surface area (Å²) >= 11 is 0. The van der Waals surface area contributed by atoms with Gasteiger partial charge in [0.05, 0.1) is 11.1 Å². The largest absolute Gasteiger partial charge is 0.458 e. The summed E-state index contributed by atoms with van der Waals surface area (Å²) in [5, 5.41) is 1.72. The van der Waals surface area contributed by atoms with Gasteiger partial charge in [0.2, 0.25) is 0 Å². The Balaban J connectivity index is 1.95. The van der Waals surface area contributed by atoms with Crippen LogP contribution in [-0.4, -0.2) is 25.2 Å². The van der Waals surface area contributed by atoms with Gasteiger partial charge in [-0.05, 0) is 27.6 Å². The van der Waals surface area contributed by atoms with E-state index in [9.17, 15) is 9.59 Å². The maximum Gasteiger partial charge on any atom is 0.339 e. The molecule has 1 aromatic rings. The molecule has 22 heavy (non-hydrogen) atoms. The maximum absolute atomic E-state index is 12.1. The summed E-state index contributed by atoms with van der Waals surface area (Å²) in [7, 11) is 0. The highest BCUT2D eigenvalue weighted by Gasteiger charge is 2.32. The van der Waals surface area contributed by atoms with Gasteiger partial charge in [0.25, 0.3) is 0 Å². The minimum atomic E-state index is -0.422. The van der Waals surface area contributed by atoms with E-state index in [-0.39, 0.29) is 13.2 Å². The second-order valence-corrected chi connectivity index (χ2v) is 4.85. The first-order valence-corrected chi connectivity index (χ1v) is 6.85. The fourth-order valence-corrected chi connectivity index (χ4v) is 2.66. The van der Waals surface area contributed by atoms with Gasteiger partial charge in [0, 0.05) is 0 Å². The quantitative estimate of drug-likeness (QED) is 0.577. The number of hydrogen-bond donors (Lipinski definition) is 0. The summed E-state index contributed by atoms with van der Waals surface area (Å²) in [6, 6.07) is 5.50. The normalized spacial score (nSPS) is 13.7. The van der Waals surface area contributed by atoms with Crippen LogP contribution in [0.25, 0.3) is 16.7 Å². The second-order valence-electron chi connectivity index (χ2n) is 4.85. The van der Waals surface area contributed by atoms with Crippen molar-refractivity contribution in [2.24, 2.45) is 0 Å². The zero-order valence-electron chi connectivity index (χ0n) is 11.9. The molecule has 2 aliphatic rings.